The normalized spacial score (nSPS) is 12.4. The van der Waals surface area contributed by atoms with Crippen LogP contribution in [0.3, 0.4) is 0 Å². The lowest BCUT2D eigenvalue weighted by molar-refractivity contribution is 0.551. The van der Waals surface area contributed by atoms with Crippen LogP contribution >= 0.6 is 11.6 Å². The zero-order valence-corrected chi connectivity index (χ0v) is 12.8. The molecule has 0 heterocycles. The average molecular weight is 292 g/mol. The van der Waals surface area contributed by atoms with Crippen molar-refractivity contribution in [3.05, 3.63) is 69.5 Å². The zero-order valence-electron chi connectivity index (χ0n) is 12.0. The first-order valence-electron chi connectivity index (χ1n) is 6.71. The molecule has 0 aromatic heterocycles. The van der Waals surface area contributed by atoms with E-state index in [1.165, 1.54) is 22.8 Å². The fourth-order valence-electron chi connectivity index (χ4n) is 2.66. The predicted molar refractivity (Wildman–Crippen MR) is 82.8 cm³/mol. The van der Waals surface area contributed by atoms with E-state index in [-0.39, 0.29) is 11.9 Å². The molecule has 106 valence electrons. The smallest absolute Gasteiger partial charge is 0.127 e. The topological polar surface area (TPSA) is 12.0 Å². The Kier molecular flexibility index (Phi) is 4.79. The lowest BCUT2D eigenvalue weighted by Gasteiger charge is -2.22. The highest BCUT2D eigenvalue weighted by molar-refractivity contribution is 6.31. The molecule has 2 aromatic carbocycles. The molecule has 1 N–H and O–H groups in total. The van der Waals surface area contributed by atoms with Gasteiger partial charge < -0.3 is 5.32 Å². The first kappa shape index (κ1) is 15.0. The molecule has 0 aliphatic heterocycles. The molecule has 20 heavy (non-hydrogen) atoms. The number of rotatable bonds is 4. The Morgan fingerprint density at radius 3 is 2.25 bits per heavy atom. The minimum absolute atomic E-state index is 0.0469. The summed E-state index contributed by atoms with van der Waals surface area (Å²) >= 11 is 6.13. The van der Waals surface area contributed by atoms with Gasteiger partial charge in [0, 0.05) is 16.6 Å². The van der Waals surface area contributed by atoms with Crippen LogP contribution in [0.2, 0.25) is 5.02 Å². The molecule has 1 atom stereocenters. The number of halogens is 2. The second-order valence-corrected chi connectivity index (χ2v) is 5.46. The van der Waals surface area contributed by atoms with Crippen molar-refractivity contribution in [3.8, 4) is 0 Å². The van der Waals surface area contributed by atoms with E-state index in [1.54, 1.807) is 12.1 Å². The maximum absolute atomic E-state index is 14.0. The molecule has 0 fully saturated rings. The van der Waals surface area contributed by atoms with Crippen molar-refractivity contribution in [1.29, 1.82) is 0 Å². The lowest BCUT2D eigenvalue weighted by Crippen LogP contribution is -2.21. The maximum atomic E-state index is 14.0. The van der Waals surface area contributed by atoms with Gasteiger partial charge in [-0.1, -0.05) is 35.9 Å². The van der Waals surface area contributed by atoms with E-state index in [9.17, 15) is 4.39 Å². The molecular formula is C17H19ClFN. The van der Waals surface area contributed by atoms with Gasteiger partial charge in [0.2, 0.25) is 0 Å². The summed E-state index contributed by atoms with van der Waals surface area (Å²) in [7, 11) is 1.89. The number of hydrogen-bond donors (Lipinski definition) is 1. The standard InChI is InChI=1S/C17H19ClFN/c1-11-6-4-7-12(2)17(11)16(20-3)10-13-14(18)8-5-9-15(13)19/h4-9,16,20H,10H2,1-3H3. The maximum Gasteiger partial charge on any atom is 0.127 e. The van der Waals surface area contributed by atoms with Crippen molar-refractivity contribution in [2.75, 3.05) is 7.05 Å². The third-order valence-electron chi connectivity index (χ3n) is 3.71. The summed E-state index contributed by atoms with van der Waals surface area (Å²) in [4.78, 5) is 0. The molecule has 1 unspecified atom stereocenters. The molecule has 0 spiro atoms. The van der Waals surface area contributed by atoms with Gasteiger partial charge in [-0.05, 0) is 56.1 Å². The zero-order chi connectivity index (χ0) is 14.7. The molecule has 3 heteroatoms. The molecule has 1 nitrogen and oxygen atoms in total. The van der Waals surface area contributed by atoms with E-state index in [4.69, 9.17) is 11.6 Å². The number of nitrogens with one attached hydrogen (secondary N) is 1. The summed E-state index contributed by atoms with van der Waals surface area (Å²) in [5.41, 5.74) is 4.19. The Morgan fingerprint density at radius 1 is 1.10 bits per heavy atom. The number of benzene rings is 2. The van der Waals surface area contributed by atoms with Gasteiger partial charge in [-0.15, -0.1) is 0 Å². The second kappa shape index (κ2) is 6.38. The first-order chi connectivity index (χ1) is 9.54. The van der Waals surface area contributed by atoms with E-state index in [2.05, 4.69) is 31.3 Å². The van der Waals surface area contributed by atoms with Gasteiger partial charge in [0.05, 0.1) is 0 Å². The molecule has 0 radical (unpaired) electrons. The number of aryl methyl sites for hydroxylation is 2. The average Bonchev–Trinajstić information content (AvgIpc) is 2.40. The molecule has 0 bridgehead atoms. The second-order valence-electron chi connectivity index (χ2n) is 5.05. The molecule has 2 aromatic rings. The van der Waals surface area contributed by atoms with E-state index in [0.717, 1.165) is 0 Å². The quantitative estimate of drug-likeness (QED) is 0.868. The van der Waals surface area contributed by atoms with Crippen LogP contribution in [-0.2, 0) is 6.42 Å². The summed E-state index contributed by atoms with van der Waals surface area (Å²) in [5.74, 6) is -0.246. The minimum atomic E-state index is -0.246. The molecule has 0 amide bonds. The van der Waals surface area contributed by atoms with E-state index >= 15 is 0 Å². The Bertz CT molecular complexity index is 569. The summed E-state index contributed by atoms with van der Waals surface area (Å²) < 4.78 is 14.0. The Labute approximate surface area is 124 Å². The Morgan fingerprint density at radius 2 is 1.70 bits per heavy atom. The fourth-order valence-corrected chi connectivity index (χ4v) is 2.90. The van der Waals surface area contributed by atoms with Gasteiger partial charge in [-0.2, -0.15) is 0 Å². The molecule has 0 aliphatic rings. The van der Waals surface area contributed by atoms with Crippen molar-refractivity contribution in [2.45, 2.75) is 26.3 Å². The van der Waals surface area contributed by atoms with Gasteiger partial charge >= 0.3 is 0 Å². The van der Waals surface area contributed by atoms with Crippen molar-refractivity contribution in [3.63, 3.8) is 0 Å². The van der Waals surface area contributed by atoms with Crippen LogP contribution in [0.5, 0.6) is 0 Å². The predicted octanol–water partition coefficient (Wildman–Crippen LogP) is 4.60. The van der Waals surface area contributed by atoms with Crippen LogP contribution in [0.4, 0.5) is 4.39 Å². The number of likely N-dealkylation sites (N-methyl/N-ethyl adjacent to an activating group) is 1. The summed E-state index contributed by atoms with van der Waals surface area (Å²) in [6, 6.07) is 11.1. The molecule has 0 saturated heterocycles. The molecule has 2 rings (SSSR count). The van der Waals surface area contributed by atoms with Gasteiger partial charge in [0.25, 0.3) is 0 Å². The van der Waals surface area contributed by atoms with E-state index < -0.39 is 0 Å². The monoisotopic (exact) mass is 291 g/mol. The van der Waals surface area contributed by atoms with Crippen molar-refractivity contribution >= 4 is 11.6 Å². The van der Waals surface area contributed by atoms with E-state index in [1.807, 2.05) is 13.1 Å². The Balaban J connectivity index is 2.39. The highest BCUT2D eigenvalue weighted by atomic mass is 35.5. The minimum Gasteiger partial charge on any atom is -0.313 e. The van der Waals surface area contributed by atoms with Crippen molar-refractivity contribution in [2.24, 2.45) is 0 Å². The van der Waals surface area contributed by atoms with Crippen LogP contribution < -0.4 is 5.32 Å². The lowest BCUT2D eigenvalue weighted by atomic mass is 9.91. The van der Waals surface area contributed by atoms with Crippen LogP contribution in [-0.4, -0.2) is 7.05 Å². The largest absolute Gasteiger partial charge is 0.313 e. The summed E-state index contributed by atoms with van der Waals surface area (Å²) in [5, 5.41) is 3.76. The van der Waals surface area contributed by atoms with Crippen LogP contribution in [0.1, 0.15) is 28.3 Å². The van der Waals surface area contributed by atoms with Gasteiger partial charge in [0.15, 0.2) is 0 Å². The molecule has 0 saturated carbocycles. The number of hydrogen-bond acceptors (Lipinski definition) is 1. The highest BCUT2D eigenvalue weighted by Crippen LogP contribution is 2.28. The third-order valence-corrected chi connectivity index (χ3v) is 4.06. The fraction of sp³-hybridized carbons (Fsp3) is 0.294. The molecule has 0 aliphatic carbocycles. The van der Waals surface area contributed by atoms with Crippen LogP contribution in [0.25, 0.3) is 0 Å². The summed E-state index contributed by atoms with van der Waals surface area (Å²) in [6.07, 6.45) is 0.535. The van der Waals surface area contributed by atoms with Crippen LogP contribution in [0, 0.1) is 19.7 Å². The first-order valence-corrected chi connectivity index (χ1v) is 7.08. The van der Waals surface area contributed by atoms with Crippen LogP contribution in [0.15, 0.2) is 36.4 Å². The molecular weight excluding hydrogens is 273 g/mol. The Hall–Kier alpha value is -1.38. The van der Waals surface area contributed by atoms with Gasteiger partial charge in [0.1, 0.15) is 5.82 Å². The highest BCUT2D eigenvalue weighted by Gasteiger charge is 2.18. The summed E-state index contributed by atoms with van der Waals surface area (Å²) in [6.45, 7) is 4.16. The van der Waals surface area contributed by atoms with Gasteiger partial charge in [-0.25, -0.2) is 4.39 Å². The van der Waals surface area contributed by atoms with E-state index in [0.29, 0.717) is 17.0 Å². The van der Waals surface area contributed by atoms with Gasteiger partial charge in [-0.3, -0.25) is 0 Å². The van der Waals surface area contributed by atoms with Crippen molar-refractivity contribution < 1.29 is 4.39 Å². The third kappa shape index (κ3) is 3.02. The SMILES string of the molecule is CNC(Cc1c(F)cccc1Cl)c1c(C)cccc1C. The van der Waals surface area contributed by atoms with Crippen molar-refractivity contribution in [1.82, 2.24) is 5.32 Å².